The van der Waals surface area contributed by atoms with Crippen molar-refractivity contribution in [3.05, 3.63) is 23.7 Å². The maximum atomic E-state index is 5.56. The average Bonchev–Trinajstić information content (AvgIpc) is 2.89. The summed E-state index contributed by atoms with van der Waals surface area (Å²) in [7, 11) is 4.14. The molecule has 1 aromatic heterocycles. The Kier molecular flexibility index (Phi) is 4.32. The summed E-state index contributed by atoms with van der Waals surface area (Å²) in [5, 5.41) is 3.13. The molecule has 0 aliphatic carbocycles. The summed E-state index contributed by atoms with van der Waals surface area (Å²) in [5.74, 6) is 3.64. The first-order valence-corrected chi connectivity index (χ1v) is 6.94. The average molecular weight is 240 g/mol. The van der Waals surface area contributed by atoms with Crippen molar-refractivity contribution in [3.63, 3.8) is 0 Å². The first kappa shape index (κ1) is 12.0. The fourth-order valence-electron chi connectivity index (χ4n) is 2.05. The van der Waals surface area contributed by atoms with Crippen molar-refractivity contribution >= 4 is 11.8 Å². The first-order chi connectivity index (χ1) is 7.79. The van der Waals surface area contributed by atoms with Crippen LogP contribution < -0.4 is 5.32 Å². The molecule has 1 unspecified atom stereocenters. The van der Waals surface area contributed by atoms with Gasteiger partial charge in [0, 0.05) is 23.9 Å². The Morgan fingerprint density at radius 1 is 1.62 bits per heavy atom. The second kappa shape index (κ2) is 5.75. The zero-order valence-electron chi connectivity index (χ0n) is 10.0. The normalized spacial score (nSPS) is 20.8. The Morgan fingerprint density at radius 2 is 2.50 bits per heavy atom. The molecule has 1 fully saturated rings. The molecule has 1 aliphatic heterocycles. The van der Waals surface area contributed by atoms with E-state index in [1.165, 1.54) is 23.5 Å². The SMILES string of the molecule is CNCc1coc(CN(C)C2CCSC2)c1. The van der Waals surface area contributed by atoms with Crippen LogP contribution in [0.25, 0.3) is 0 Å². The van der Waals surface area contributed by atoms with Gasteiger partial charge in [0.1, 0.15) is 5.76 Å². The number of nitrogens with one attached hydrogen (secondary N) is 1. The van der Waals surface area contributed by atoms with Crippen LogP contribution in [0, 0.1) is 0 Å². The molecule has 2 rings (SSSR count). The molecule has 90 valence electrons. The van der Waals surface area contributed by atoms with Gasteiger partial charge in [-0.2, -0.15) is 11.8 Å². The highest BCUT2D eigenvalue weighted by Crippen LogP contribution is 2.22. The maximum Gasteiger partial charge on any atom is 0.118 e. The van der Waals surface area contributed by atoms with Crippen molar-refractivity contribution in [1.82, 2.24) is 10.2 Å². The van der Waals surface area contributed by atoms with Crippen molar-refractivity contribution in [3.8, 4) is 0 Å². The van der Waals surface area contributed by atoms with Gasteiger partial charge in [0.15, 0.2) is 0 Å². The van der Waals surface area contributed by atoms with Crippen LogP contribution in [0.1, 0.15) is 17.7 Å². The lowest BCUT2D eigenvalue weighted by Gasteiger charge is -2.21. The lowest BCUT2D eigenvalue weighted by atomic mass is 10.2. The van der Waals surface area contributed by atoms with Gasteiger partial charge in [-0.1, -0.05) is 0 Å². The minimum atomic E-state index is 0.725. The molecule has 0 aromatic carbocycles. The Labute approximate surface area is 102 Å². The summed E-state index contributed by atoms with van der Waals surface area (Å²) in [6, 6.07) is 2.87. The molecule has 4 heteroatoms. The van der Waals surface area contributed by atoms with E-state index in [0.29, 0.717) is 0 Å². The fourth-order valence-corrected chi connectivity index (χ4v) is 3.35. The zero-order valence-corrected chi connectivity index (χ0v) is 10.8. The van der Waals surface area contributed by atoms with E-state index in [1.54, 1.807) is 0 Å². The molecule has 1 aromatic rings. The minimum absolute atomic E-state index is 0.725. The van der Waals surface area contributed by atoms with Gasteiger partial charge in [0.25, 0.3) is 0 Å². The molecule has 0 saturated carbocycles. The van der Waals surface area contributed by atoms with Crippen molar-refractivity contribution < 1.29 is 4.42 Å². The van der Waals surface area contributed by atoms with Crippen molar-refractivity contribution in [2.45, 2.75) is 25.6 Å². The van der Waals surface area contributed by atoms with E-state index in [4.69, 9.17) is 4.42 Å². The highest BCUT2D eigenvalue weighted by Gasteiger charge is 2.20. The molecule has 1 N–H and O–H groups in total. The van der Waals surface area contributed by atoms with Crippen molar-refractivity contribution in [1.29, 1.82) is 0 Å². The fraction of sp³-hybridized carbons (Fsp3) is 0.667. The highest BCUT2D eigenvalue weighted by molar-refractivity contribution is 7.99. The summed E-state index contributed by atoms with van der Waals surface area (Å²) in [6.07, 6.45) is 3.16. The van der Waals surface area contributed by atoms with Crippen LogP contribution in [-0.4, -0.2) is 36.5 Å². The Morgan fingerprint density at radius 3 is 3.19 bits per heavy atom. The van der Waals surface area contributed by atoms with Crippen LogP contribution in [0.15, 0.2) is 16.7 Å². The third-order valence-electron chi connectivity index (χ3n) is 3.02. The largest absolute Gasteiger partial charge is 0.468 e. The number of hydrogen-bond donors (Lipinski definition) is 1. The molecule has 1 aliphatic rings. The van der Waals surface area contributed by atoms with Gasteiger partial charge in [-0.25, -0.2) is 0 Å². The van der Waals surface area contributed by atoms with E-state index in [-0.39, 0.29) is 0 Å². The Balaban J connectivity index is 1.87. The quantitative estimate of drug-likeness (QED) is 0.851. The molecule has 1 atom stereocenters. The molecule has 0 amide bonds. The van der Waals surface area contributed by atoms with E-state index >= 15 is 0 Å². The van der Waals surface area contributed by atoms with Gasteiger partial charge in [-0.15, -0.1) is 0 Å². The predicted molar refractivity (Wildman–Crippen MR) is 68.7 cm³/mol. The molecule has 0 spiro atoms. The molecule has 0 bridgehead atoms. The lowest BCUT2D eigenvalue weighted by molar-refractivity contribution is 0.234. The molecular formula is C12H20N2OS. The third-order valence-corrected chi connectivity index (χ3v) is 4.17. The van der Waals surface area contributed by atoms with Crippen LogP contribution in [0.5, 0.6) is 0 Å². The number of thioether (sulfide) groups is 1. The summed E-state index contributed by atoms with van der Waals surface area (Å²) in [5.41, 5.74) is 1.23. The third kappa shape index (κ3) is 3.03. The van der Waals surface area contributed by atoms with Gasteiger partial charge in [-0.05, 0) is 32.3 Å². The molecular weight excluding hydrogens is 220 g/mol. The molecule has 2 heterocycles. The topological polar surface area (TPSA) is 28.4 Å². The van der Waals surface area contributed by atoms with E-state index in [2.05, 4.69) is 35.1 Å². The number of furan rings is 1. The second-order valence-electron chi connectivity index (χ2n) is 4.38. The molecule has 3 nitrogen and oxygen atoms in total. The molecule has 1 saturated heterocycles. The van der Waals surface area contributed by atoms with E-state index < -0.39 is 0 Å². The summed E-state index contributed by atoms with van der Waals surface area (Å²) in [4.78, 5) is 2.40. The highest BCUT2D eigenvalue weighted by atomic mass is 32.2. The monoisotopic (exact) mass is 240 g/mol. The van der Waals surface area contributed by atoms with E-state index in [9.17, 15) is 0 Å². The van der Waals surface area contributed by atoms with Crippen LogP contribution >= 0.6 is 11.8 Å². The zero-order chi connectivity index (χ0) is 11.4. The maximum absolute atomic E-state index is 5.56. The summed E-state index contributed by atoms with van der Waals surface area (Å²) in [6.45, 7) is 1.81. The van der Waals surface area contributed by atoms with Gasteiger partial charge in [0.05, 0.1) is 12.8 Å². The van der Waals surface area contributed by atoms with Gasteiger partial charge < -0.3 is 9.73 Å². The van der Waals surface area contributed by atoms with E-state index in [1.807, 2.05) is 13.3 Å². The standard InChI is InChI=1S/C12H20N2OS/c1-13-6-10-5-12(15-8-10)7-14(2)11-3-4-16-9-11/h5,8,11,13H,3-4,6-7,9H2,1-2H3. The number of nitrogens with zero attached hydrogens (tertiary/aromatic N) is 1. The Bertz CT molecular complexity index is 321. The van der Waals surface area contributed by atoms with Gasteiger partial charge in [-0.3, -0.25) is 4.90 Å². The summed E-state index contributed by atoms with van der Waals surface area (Å²) >= 11 is 2.05. The van der Waals surface area contributed by atoms with Crippen molar-refractivity contribution in [2.24, 2.45) is 0 Å². The lowest BCUT2D eigenvalue weighted by Crippen LogP contribution is -2.30. The van der Waals surface area contributed by atoms with Crippen LogP contribution in [0.4, 0.5) is 0 Å². The van der Waals surface area contributed by atoms with Gasteiger partial charge in [0.2, 0.25) is 0 Å². The number of hydrogen-bond acceptors (Lipinski definition) is 4. The van der Waals surface area contributed by atoms with Crippen LogP contribution in [0.3, 0.4) is 0 Å². The first-order valence-electron chi connectivity index (χ1n) is 5.78. The molecule has 0 radical (unpaired) electrons. The van der Waals surface area contributed by atoms with Crippen LogP contribution in [0.2, 0.25) is 0 Å². The predicted octanol–water partition coefficient (Wildman–Crippen LogP) is 1.94. The minimum Gasteiger partial charge on any atom is -0.468 e. The number of rotatable bonds is 5. The van der Waals surface area contributed by atoms with E-state index in [0.717, 1.165) is 24.9 Å². The summed E-state index contributed by atoms with van der Waals surface area (Å²) < 4.78 is 5.56. The van der Waals surface area contributed by atoms with Crippen molar-refractivity contribution in [2.75, 3.05) is 25.6 Å². The second-order valence-corrected chi connectivity index (χ2v) is 5.53. The molecule has 16 heavy (non-hydrogen) atoms. The Hall–Kier alpha value is -0.450. The smallest absolute Gasteiger partial charge is 0.118 e. The van der Waals surface area contributed by atoms with Crippen LogP contribution in [-0.2, 0) is 13.1 Å². The van der Waals surface area contributed by atoms with Gasteiger partial charge >= 0.3 is 0 Å².